The normalized spacial score (nSPS) is 15.6. The van der Waals surface area contributed by atoms with E-state index in [4.69, 9.17) is 16.3 Å². The van der Waals surface area contributed by atoms with Gasteiger partial charge in [0.05, 0.1) is 12.7 Å². The summed E-state index contributed by atoms with van der Waals surface area (Å²) in [6.07, 6.45) is 1.45. The zero-order valence-corrected chi connectivity index (χ0v) is 16.1. The number of anilines is 2. The van der Waals surface area contributed by atoms with Gasteiger partial charge >= 0.3 is 0 Å². The fraction of sp³-hybridized carbons (Fsp3) is 0.150. The van der Waals surface area contributed by atoms with E-state index in [0.29, 0.717) is 33.7 Å². The summed E-state index contributed by atoms with van der Waals surface area (Å²) in [6, 6.07) is 14.1. The predicted molar refractivity (Wildman–Crippen MR) is 108 cm³/mol. The van der Waals surface area contributed by atoms with Gasteiger partial charge in [-0.05, 0) is 37.3 Å². The summed E-state index contributed by atoms with van der Waals surface area (Å²) in [6.45, 7) is 1.84. The molecular weight excluding hydrogens is 378 g/mol. The predicted octanol–water partition coefficient (Wildman–Crippen LogP) is 3.87. The van der Waals surface area contributed by atoms with Gasteiger partial charge in [0.15, 0.2) is 0 Å². The number of halogens is 1. The minimum atomic E-state index is -0.495. The number of rotatable bonds is 4. The first-order valence-electron chi connectivity index (χ1n) is 8.65. The molecular formula is C20H18ClN5O2. The molecule has 0 radical (unpaired) electrons. The largest absolute Gasteiger partial charge is 0.497 e. The third-order valence-electron chi connectivity index (χ3n) is 4.59. The van der Waals surface area contributed by atoms with Gasteiger partial charge in [-0.3, -0.25) is 4.79 Å². The molecule has 4 rings (SSSR count). The molecule has 2 N–H and O–H groups in total. The van der Waals surface area contributed by atoms with Crippen LogP contribution < -0.4 is 15.4 Å². The minimum absolute atomic E-state index is 0.249. The number of allylic oxidation sites excluding steroid dienone is 1. The Morgan fingerprint density at radius 3 is 2.68 bits per heavy atom. The van der Waals surface area contributed by atoms with Crippen LogP contribution in [-0.2, 0) is 4.79 Å². The zero-order chi connectivity index (χ0) is 19.7. The summed E-state index contributed by atoms with van der Waals surface area (Å²) in [7, 11) is 1.60. The second kappa shape index (κ2) is 7.36. The average molecular weight is 396 g/mol. The Bertz CT molecular complexity index is 1060. The summed E-state index contributed by atoms with van der Waals surface area (Å²) in [5.41, 5.74) is 2.64. The molecule has 1 aliphatic rings. The lowest BCUT2D eigenvalue weighted by Gasteiger charge is -2.29. The van der Waals surface area contributed by atoms with Crippen LogP contribution in [0.2, 0.25) is 5.02 Å². The van der Waals surface area contributed by atoms with Crippen molar-refractivity contribution >= 4 is 29.1 Å². The van der Waals surface area contributed by atoms with Crippen LogP contribution in [0.15, 0.2) is 66.1 Å². The summed E-state index contributed by atoms with van der Waals surface area (Å²) >= 11 is 6.45. The van der Waals surface area contributed by atoms with Crippen molar-refractivity contribution in [1.29, 1.82) is 0 Å². The standard InChI is InChI=1S/C20H18ClN5O2/c1-12-17(19(27)25-13-7-9-14(28-2)10-8-13)18(15-5-3-4-6-16(15)21)26-20(24-12)22-11-23-26/h3-11,18H,1-2H3,(H,25,27)(H,22,23,24)/t18-/m0/s1. The van der Waals surface area contributed by atoms with Crippen molar-refractivity contribution in [3.05, 3.63) is 76.7 Å². The number of nitrogens with one attached hydrogen (secondary N) is 2. The molecule has 0 unspecified atom stereocenters. The number of benzene rings is 2. The van der Waals surface area contributed by atoms with E-state index < -0.39 is 6.04 Å². The number of nitrogens with zero attached hydrogens (tertiary/aromatic N) is 3. The molecule has 3 aromatic rings. The lowest BCUT2D eigenvalue weighted by Crippen LogP contribution is -2.31. The molecule has 2 heterocycles. The molecule has 142 valence electrons. The van der Waals surface area contributed by atoms with Gasteiger partial charge in [-0.1, -0.05) is 29.8 Å². The molecule has 8 heteroatoms. The van der Waals surface area contributed by atoms with Crippen molar-refractivity contribution in [3.63, 3.8) is 0 Å². The van der Waals surface area contributed by atoms with Crippen LogP contribution in [0.5, 0.6) is 5.75 Å². The van der Waals surface area contributed by atoms with Crippen LogP contribution >= 0.6 is 11.6 Å². The topological polar surface area (TPSA) is 81.1 Å². The van der Waals surface area contributed by atoms with E-state index in [1.165, 1.54) is 6.33 Å². The van der Waals surface area contributed by atoms with E-state index in [0.717, 1.165) is 5.56 Å². The van der Waals surface area contributed by atoms with Crippen molar-refractivity contribution in [2.45, 2.75) is 13.0 Å². The summed E-state index contributed by atoms with van der Waals surface area (Å²) in [4.78, 5) is 17.4. The quantitative estimate of drug-likeness (QED) is 0.700. The third-order valence-corrected chi connectivity index (χ3v) is 4.93. The monoisotopic (exact) mass is 395 g/mol. The van der Waals surface area contributed by atoms with Crippen LogP contribution in [0.25, 0.3) is 0 Å². The van der Waals surface area contributed by atoms with Gasteiger partial charge < -0.3 is 15.4 Å². The molecule has 28 heavy (non-hydrogen) atoms. The van der Waals surface area contributed by atoms with Crippen LogP contribution in [-0.4, -0.2) is 27.8 Å². The highest BCUT2D eigenvalue weighted by molar-refractivity contribution is 6.31. The van der Waals surface area contributed by atoms with Crippen LogP contribution in [0.1, 0.15) is 18.5 Å². The van der Waals surface area contributed by atoms with E-state index in [-0.39, 0.29) is 5.91 Å². The van der Waals surface area contributed by atoms with Gasteiger partial charge in [-0.15, -0.1) is 0 Å². The molecule has 0 saturated heterocycles. The molecule has 0 fully saturated rings. The first-order chi connectivity index (χ1) is 13.6. The average Bonchev–Trinajstić information content (AvgIpc) is 3.16. The molecule has 1 atom stereocenters. The number of carbonyl (C=O) groups is 1. The van der Waals surface area contributed by atoms with Crippen LogP contribution in [0, 0.1) is 0 Å². The summed E-state index contributed by atoms with van der Waals surface area (Å²) in [5.74, 6) is 1.03. The Balaban J connectivity index is 1.74. The highest BCUT2D eigenvalue weighted by atomic mass is 35.5. The Labute approximate surface area is 167 Å². The number of aromatic nitrogens is 3. The highest BCUT2D eigenvalue weighted by Gasteiger charge is 2.34. The first-order valence-corrected chi connectivity index (χ1v) is 9.03. The van der Waals surface area contributed by atoms with E-state index in [2.05, 4.69) is 20.7 Å². The molecule has 0 aliphatic carbocycles. The highest BCUT2D eigenvalue weighted by Crippen LogP contribution is 2.38. The zero-order valence-electron chi connectivity index (χ0n) is 15.3. The lowest BCUT2D eigenvalue weighted by atomic mass is 9.95. The van der Waals surface area contributed by atoms with Crippen LogP contribution in [0.3, 0.4) is 0 Å². The van der Waals surface area contributed by atoms with Crippen molar-refractivity contribution in [2.75, 3.05) is 17.7 Å². The molecule has 1 aliphatic heterocycles. The number of amides is 1. The number of fused-ring (bicyclic) bond motifs is 1. The second-order valence-corrected chi connectivity index (χ2v) is 6.71. The number of ether oxygens (including phenoxy) is 1. The Morgan fingerprint density at radius 1 is 1.21 bits per heavy atom. The van der Waals surface area contributed by atoms with Gasteiger partial charge in [0.1, 0.15) is 18.1 Å². The Kier molecular flexibility index (Phi) is 4.75. The minimum Gasteiger partial charge on any atom is -0.497 e. The number of methoxy groups -OCH3 is 1. The van der Waals surface area contributed by atoms with Crippen molar-refractivity contribution < 1.29 is 9.53 Å². The van der Waals surface area contributed by atoms with Crippen LogP contribution in [0.4, 0.5) is 11.6 Å². The van der Waals surface area contributed by atoms with E-state index >= 15 is 0 Å². The van der Waals surface area contributed by atoms with E-state index in [9.17, 15) is 4.79 Å². The Morgan fingerprint density at radius 2 is 1.96 bits per heavy atom. The van der Waals surface area contributed by atoms with Gasteiger partial charge in [0.2, 0.25) is 5.95 Å². The van der Waals surface area contributed by atoms with Crippen molar-refractivity contribution in [2.24, 2.45) is 0 Å². The summed E-state index contributed by atoms with van der Waals surface area (Å²) < 4.78 is 6.82. The second-order valence-electron chi connectivity index (χ2n) is 6.30. The maximum Gasteiger partial charge on any atom is 0.255 e. The van der Waals surface area contributed by atoms with E-state index in [1.54, 1.807) is 42.1 Å². The molecule has 0 bridgehead atoms. The first kappa shape index (κ1) is 18.1. The molecule has 0 spiro atoms. The van der Waals surface area contributed by atoms with Crippen molar-refractivity contribution in [3.8, 4) is 5.75 Å². The Hall–Kier alpha value is -3.32. The smallest absolute Gasteiger partial charge is 0.255 e. The van der Waals surface area contributed by atoms with Gasteiger partial charge in [-0.25, -0.2) is 4.68 Å². The number of hydrogen-bond donors (Lipinski definition) is 2. The number of hydrogen-bond acceptors (Lipinski definition) is 5. The third kappa shape index (κ3) is 3.20. The number of carbonyl (C=O) groups excluding carboxylic acids is 1. The maximum absolute atomic E-state index is 13.2. The van der Waals surface area contributed by atoms with Gasteiger partial charge in [-0.2, -0.15) is 10.1 Å². The SMILES string of the molecule is COc1ccc(NC(=O)C2=C(C)Nc3ncnn3[C@H]2c2ccccc2Cl)cc1. The lowest BCUT2D eigenvalue weighted by molar-refractivity contribution is -0.113. The van der Waals surface area contributed by atoms with Crippen molar-refractivity contribution in [1.82, 2.24) is 14.8 Å². The molecule has 7 nitrogen and oxygen atoms in total. The summed E-state index contributed by atoms with van der Waals surface area (Å²) in [5, 5.41) is 10.9. The van der Waals surface area contributed by atoms with E-state index in [1.807, 2.05) is 25.1 Å². The fourth-order valence-corrected chi connectivity index (χ4v) is 3.48. The molecule has 1 amide bonds. The molecule has 0 saturated carbocycles. The van der Waals surface area contributed by atoms with Gasteiger partial charge in [0.25, 0.3) is 5.91 Å². The molecule has 2 aromatic carbocycles. The maximum atomic E-state index is 13.2. The fourth-order valence-electron chi connectivity index (χ4n) is 3.24. The molecule has 1 aromatic heterocycles. The van der Waals surface area contributed by atoms with Gasteiger partial charge in [0, 0.05) is 22.0 Å².